The number of carbonyl (C=O) groups is 2. The summed E-state index contributed by atoms with van der Waals surface area (Å²) < 4.78 is 13.5. The van der Waals surface area contributed by atoms with Crippen LogP contribution in [0, 0.1) is 6.92 Å². The molecule has 9 nitrogen and oxygen atoms in total. The zero-order chi connectivity index (χ0) is 37.2. The van der Waals surface area contributed by atoms with Crippen LogP contribution in [-0.2, 0) is 37.2 Å². The van der Waals surface area contributed by atoms with E-state index in [1.54, 1.807) is 36.3 Å². The van der Waals surface area contributed by atoms with Gasteiger partial charge in [-0.15, -0.1) is 0 Å². The van der Waals surface area contributed by atoms with Crippen molar-refractivity contribution in [1.82, 2.24) is 14.4 Å². The molecule has 3 aliphatic heterocycles. The van der Waals surface area contributed by atoms with E-state index in [1.807, 2.05) is 55.5 Å². The summed E-state index contributed by atoms with van der Waals surface area (Å²) in [5, 5.41) is 10.1. The lowest BCUT2D eigenvalue weighted by molar-refractivity contribution is 0.0193. The highest BCUT2D eigenvalue weighted by Crippen LogP contribution is 2.36. The normalized spacial score (nSPS) is 17.1. The van der Waals surface area contributed by atoms with Crippen molar-refractivity contribution in [3.05, 3.63) is 136 Å². The Morgan fingerprint density at radius 3 is 2.43 bits per heavy atom. The summed E-state index contributed by atoms with van der Waals surface area (Å²) in [5.41, 5.74) is 9.13. The van der Waals surface area contributed by atoms with Gasteiger partial charge in [-0.1, -0.05) is 54.6 Å². The van der Waals surface area contributed by atoms with Crippen molar-refractivity contribution >= 4 is 17.5 Å². The van der Waals surface area contributed by atoms with E-state index in [0.717, 1.165) is 85.7 Å². The summed E-state index contributed by atoms with van der Waals surface area (Å²) >= 11 is 0. The van der Waals surface area contributed by atoms with Gasteiger partial charge in [0.25, 0.3) is 11.8 Å². The molecular weight excluding hydrogens is 677 g/mol. The molecule has 0 saturated carbocycles. The molecule has 0 aliphatic carbocycles. The topological polar surface area (TPSA) is 87.5 Å². The number of benzene rings is 4. The maximum atomic E-state index is 15.0. The number of fused-ring (bicyclic) bond motifs is 2. The first kappa shape index (κ1) is 35.6. The van der Waals surface area contributed by atoms with Crippen molar-refractivity contribution in [2.45, 2.75) is 58.3 Å². The van der Waals surface area contributed by atoms with Crippen molar-refractivity contribution in [3.8, 4) is 22.8 Å². The maximum absolute atomic E-state index is 15.0. The van der Waals surface area contributed by atoms with E-state index in [1.165, 1.54) is 11.1 Å². The second kappa shape index (κ2) is 15.5. The van der Waals surface area contributed by atoms with E-state index in [-0.39, 0.29) is 23.6 Å². The van der Waals surface area contributed by atoms with E-state index < -0.39 is 0 Å². The number of methoxy groups -OCH3 is 1. The summed E-state index contributed by atoms with van der Waals surface area (Å²) in [6.45, 7) is 7.60. The van der Waals surface area contributed by atoms with E-state index >= 15 is 0 Å². The van der Waals surface area contributed by atoms with Gasteiger partial charge in [0.2, 0.25) is 0 Å². The Labute approximate surface area is 317 Å². The fourth-order valence-electron chi connectivity index (χ4n) is 8.48. The molecule has 8 rings (SSSR count). The predicted molar refractivity (Wildman–Crippen MR) is 210 cm³/mol. The second-order valence-electron chi connectivity index (χ2n) is 14.7. The Morgan fingerprint density at radius 2 is 1.63 bits per heavy atom. The van der Waals surface area contributed by atoms with E-state index in [9.17, 15) is 14.7 Å². The summed E-state index contributed by atoms with van der Waals surface area (Å²) in [5.74, 6) is 0.788. The highest BCUT2D eigenvalue weighted by Gasteiger charge is 2.34. The molecular formula is C45H48N4O5. The number of phenols is 1. The molecule has 2 amide bonds. The molecule has 4 aromatic carbocycles. The van der Waals surface area contributed by atoms with Gasteiger partial charge in [0.05, 0.1) is 32.4 Å². The van der Waals surface area contributed by atoms with Crippen LogP contribution < -0.4 is 9.64 Å². The van der Waals surface area contributed by atoms with Crippen LogP contribution in [0.15, 0.2) is 97.1 Å². The minimum absolute atomic E-state index is 0.0109. The monoisotopic (exact) mass is 724 g/mol. The summed E-state index contributed by atoms with van der Waals surface area (Å²) in [6, 6.07) is 31.1. The number of hydrogen-bond donors (Lipinski definition) is 1. The Morgan fingerprint density at radius 1 is 0.870 bits per heavy atom. The molecule has 54 heavy (non-hydrogen) atoms. The van der Waals surface area contributed by atoms with Crippen molar-refractivity contribution < 1.29 is 24.2 Å². The molecule has 278 valence electrons. The molecule has 0 spiro atoms. The molecule has 9 heteroatoms. The first-order valence-electron chi connectivity index (χ1n) is 19.1. The lowest BCUT2D eigenvalue weighted by atomic mass is 9.92. The minimum atomic E-state index is -0.123. The van der Waals surface area contributed by atoms with E-state index in [4.69, 9.17) is 9.47 Å². The molecule has 1 atom stereocenters. The van der Waals surface area contributed by atoms with Crippen LogP contribution in [0.2, 0.25) is 0 Å². The number of rotatable bonds is 9. The van der Waals surface area contributed by atoms with Gasteiger partial charge in [0.15, 0.2) is 0 Å². The number of aromatic hydroxyl groups is 1. The molecule has 5 aromatic rings. The van der Waals surface area contributed by atoms with Crippen LogP contribution in [0.5, 0.6) is 11.5 Å². The number of nitrogens with zero attached hydrogens (tertiary/aromatic N) is 4. The van der Waals surface area contributed by atoms with Crippen LogP contribution in [0.3, 0.4) is 0 Å². The predicted octanol–water partition coefficient (Wildman–Crippen LogP) is 7.26. The zero-order valence-corrected chi connectivity index (χ0v) is 31.2. The molecule has 0 radical (unpaired) electrons. The van der Waals surface area contributed by atoms with Crippen molar-refractivity contribution in [3.63, 3.8) is 0 Å². The lowest BCUT2D eigenvalue weighted by Gasteiger charge is -2.40. The zero-order valence-electron chi connectivity index (χ0n) is 31.2. The highest BCUT2D eigenvalue weighted by molar-refractivity contribution is 6.08. The second-order valence-corrected chi connectivity index (χ2v) is 14.7. The third-order valence-electron chi connectivity index (χ3n) is 11.5. The summed E-state index contributed by atoms with van der Waals surface area (Å²) in [6.07, 6.45) is 3.55. The van der Waals surface area contributed by atoms with Crippen molar-refractivity contribution in [1.29, 1.82) is 0 Å². The van der Waals surface area contributed by atoms with Crippen LogP contribution in [0.1, 0.15) is 61.5 Å². The van der Waals surface area contributed by atoms with Gasteiger partial charge in [-0.2, -0.15) is 0 Å². The fourth-order valence-corrected chi connectivity index (χ4v) is 8.48. The van der Waals surface area contributed by atoms with Gasteiger partial charge in [0, 0.05) is 67.0 Å². The molecule has 0 bridgehead atoms. The number of amides is 2. The number of anilines is 1. The number of carbonyl (C=O) groups excluding carboxylic acids is 2. The number of phenolic OH excluding ortho intramolecular Hbond substituents is 1. The first-order valence-corrected chi connectivity index (χ1v) is 19.1. The molecule has 1 fully saturated rings. The molecule has 4 heterocycles. The smallest absolute Gasteiger partial charge is 0.260 e. The quantitative estimate of drug-likeness (QED) is 0.172. The molecule has 1 N–H and O–H groups in total. The van der Waals surface area contributed by atoms with Gasteiger partial charge < -0.3 is 28.9 Å². The molecule has 3 aliphatic rings. The number of morpholine rings is 1. The van der Waals surface area contributed by atoms with Crippen LogP contribution in [-0.4, -0.2) is 77.3 Å². The third-order valence-corrected chi connectivity index (χ3v) is 11.5. The average molecular weight is 725 g/mol. The minimum Gasteiger partial charge on any atom is -0.508 e. The molecule has 1 aromatic heterocycles. The van der Waals surface area contributed by atoms with Gasteiger partial charge in [0.1, 0.15) is 11.5 Å². The number of ether oxygens (including phenoxy) is 2. The number of aromatic nitrogens is 1. The molecule has 0 unspecified atom stereocenters. The highest BCUT2D eigenvalue weighted by atomic mass is 16.5. The summed E-state index contributed by atoms with van der Waals surface area (Å²) in [7, 11) is 1.65. The van der Waals surface area contributed by atoms with Crippen LogP contribution in [0.4, 0.5) is 5.69 Å². The van der Waals surface area contributed by atoms with Gasteiger partial charge in [-0.05, 0) is 97.3 Å². The molecule has 1 saturated heterocycles. The van der Waals surface area contributed by atoms with Gasteiger partial charge in [-0.25, -0.2) is 0 Å². The van der Waals surface area contributed by atoms with Crippen LogP contribution >= 0.6 is 0 Å². The standard InChI is InChI=1S/C45H48N4O5/c1-31-33(12-9-16-43(31)53-2)28-48(35-17-19-37(50)20-18-35)45(52)40-27-42(47-21-8-7-15-41(40)47)38-13-5-6-14-39(38)44(51)49-29-34-11-4-3-10-32(34)26-36(49)30-46-22-24-54-25-23-46/h3-6,9-14,16-20,27,36,50H,7-8,15,21-26,28-30H2,1-2H3/t36-/m0/s1. The Bertz CT molecular complexity index is 2150. The Hall–Kier alpha value is -5.38. The van der Waals surface area contributed by atoms with Gasteiger partial charge in [-0.3, -0.25) is 14.5 Å². The summed E-state index contributed by atoms with van der Waals surface area (Å²) in [4.78, 5) is 36.2. The fraction of sp³-hybridized carbons (Fsp3) is 0.333. The van der Waals surface area contributed by atoms with Crippen molar-refractivity contribution in [2.75, 3.05) is 44.9 Å². The SMILES string of the molecule is COc1cccc(CN(C(=O)c2cc(-c3ccccc3C(=O)N3Cc4ccccc4C[C@H]3CN3CCOCC3)n3c2CCCC3)c2ccc(O)cc2)c1C. The van der Waals surface area contributed by atoms with Gasteiger partial charge >= 0.3 is 0 Å². The lowest BCUT2D eigenvalue weighted by Crippen LogP contribution is -2.52. The Kier molecular flexibility index (Phi) is 10.3. The van der Waals surface area contributed by atoms with Crippen LogP contribution in [0.25, 0.3) is 11.3 Å². The van der Waals surface area contributed by atoms with E-state index in [2.05, 4.69) is 38.6 Å². The maximum Gasteiger partial charge on any atom is 0.260 e. The number of hydrogen-bond acceptors (Lipinski definition) is 6. The Balaban J connectivity index is 1.18. The van der Waals surface area contributed by atoms with E-state index in [0.29, 0.717) is 43.1 Å². The largest absolute Gasteiger partial charge is 0.508 e. The van der Waals surface area contributed by atoms with Crippen molar-refractivity contribution in [2.24, 2.45) is 0 Å². The average Bonchev–Trinajstić information content (AvgIpc) is 3.60. The first-order chi connectivity index (χ1) is 26.4. The third kappa shape index (κ3) is 7.01.